The Labute approximate surface area is 175 Å². The molecule has 0 unspecified atom stereocenters. The van der Waals surface area contributed by atoms with E-state index in [-0.39, 0.29) is 5.91 Å². The lowest BCUT2D eigenvalue weighted by Crippen LogP contribution is -2.49. The van der Waals surface area contributed by atoms with Crippen molar-refractivity contribution in [2.24, 2.45) is 0 Å². The number of nitrogens with zero attached hydrogens (tertiary/aromatic N) is 4. The van der Waals surface area contributed by atoms with Crippen molar-refractivity contribution in [3.05, 3.63) is 58.8 Å². The van der Waals surface area contributed by atoms with Gasteiger partial charge in [-0.2, -0.15) is 0 Å². The smallest absolute Gasteiger partial charge is 0.237 e. The standard InChI is InChI=1S/C20H18ClN5O2S/c21-18-2-1-17(29-18)16-9-23-19(28-16)11-25-5-6-26(20(27)12-25)10-14-7-13-8-22-4-3-15(13)24-14/h1-4,7-9,24H,5-6,10-12H2. The molecule has 0 atom stereocenters. The number of fused-ring (bicyclic) bond motifs is 1. The van der Waals surface area contributed by atoms with E-state index in [1.807, 2.05) is 35.4 Å². The summed E-state index contributed by atoms with van der Waals surface area (Å²) in [6.45, 7) is 2.88. The number of rotatable bonds is 5. The van der Waals surface area contributed by atoms with E-state index in [0.717, 1.165) is 28.0 Å². The summed E-state index contributed by atoms with van der Waals surface area (Å²) in [4.78, 5) is 29.4. The van der Waals surface area contributed by atoms with Crippen LogP contribution in [0.1, 0.15) is 11.6 Å². The number of amides is 1. The number of aromatic nitrogens is 3. The summed E-state index contributed by atoms with van der Waals surface area (Å²) in [5.41, 5.74) is 2.05. The summed E-state index contributed by atoms with van der Waals surface area (Å²) in [6, 6.07) is 7.74. The quantitative estimate of drug-likeness (QED) is 0.524. The Kier molecular flexibility index (Phi) is 4.83. The lowest BCUT2D eigenvalue weighted by atomic mass is 10.2. The zero-order chi connectivity index (χ0) is 19.8. The molecule has 1 aliphatic heterocycles. The highest BCUT2D eigenvalue weighted by atomic mass is 35.5. The van der Waals surface area contributed by atoms with Gasteiger partial charge < -0.3 is 14.3 Å². The predicted octanol–water partition coefficient (Wildman–Crippen LogP) is 3.78. The van der Waals surface area contributed by atoms with Gasteiger partial charge in [0.25, 0.3) is 0 Å². The molecule has 0 bridgehead atoms. The zero-order valence-corrected chi connectivity index (χ0v) is 17.0. The number of aromatic amines is 1. The van der Waals surface area contributed by atoms with Gasteiger partial charge in [0, 0.05) is 42.1 Å². The second-order valence-electron chi connectivity index (χ2n) is 7.01. The van der Waals surface area contributed by atoms with Crippen molar-refractivity contribution in [2.45, 2.75) is 13.1 Å². The highest BCUT2D eigenvalue weighted by Gasteiger charge is 2.25. The van der Waals surface area contributed by atoms with Gasteiger partial charge in [0.15, 0.2) is 5.76 Å². The lowest BCUT2D eigenvalue weighted by molar-refractivity contribution is -0.137. The van der Waals surface area contributed by atoms with Gasteiger partial charge in [0.2, 0.25) is 11.8 Å². The van der Waals surface area contributed by atoms with Crippen molar-refractivity contribution in [1.82, 2.24) is 24.8 Å². The minimum atomic E-state index is 0.102. The normalized spacial score (nSPS) is 15.5. The van der Waals surface area contributed by atoms with Crippen molar-refractivity contribution >= 4 is 39.7 Å². The second-order valence-corrected chi connectivity index (χ2v) is 8.72. The summed E-state index contributed by atoms with van der Waals surface area (Å²) in [7, 11) is 0. The van der Waals surface area contributed by atoms with E-state index in [1.54, 1.807) is 12.4 Å². The molecule has 0 radical (unpaired) electrons. The highest BCUT2D eigenvalue weighted by Crippen LogP contribution is 2.31. The van der Waals surface area contributed by atoms with E-state index in [9.17, 15) is 4.79 Å². The van der Waals surface area contributed by atoms with Crippen LogP contribution < -0.4 is 0 Å². The molecule has 9 heteroatoms. The van der Waals surface area contributed by atoms with Crippen molar-refractivity contribution in [3.8, 4) is 10.6 Å². The summed E-state index contributed by atoms with van der Waals surface area (Å²) < 4.78 is 6.55. The number of H-pyrrole nitrogens is 1. The number of pyridine rings is 1. The van der Waals surface area contributed by atoms with Gasteiger partial charge in [-0.15, -0.1) is 11.3 Å². The number of oxazole rings is 1. The number of hydrogen-bond acceptors (Lipinski definition) is 6. The number of thiophene rings is 1. The molecule has 1 fully saturated rings. The zero-order valence-electron chi connectivity index (χ0n) is 15.5. The van der Waals surface area contributed by atoms with Crippen LogP contribution in [-0.4, -0.2) is 50.3 Å². The molecule has 4 aromatic heterocycles. The monoisotopic (exact) mass is 427 g/mol. The minimum absolute atomic E-state index is 0.102. The van der Waals surface area contributed by atoms with Crippen LogP contribution in [0.4, 0.5) is 0 Å². The van der Waals surface area contributed by atoms with Gasteiger partial charge >= 0.3 is 0 Å². The maximum atomic E-state index is 12.6. The maximum Gasteiger partial charge on any atom is 0.237 e. The van der Waals surface area contributed by atoms with E-state index < -0.39 is 0 Å². The van der Waals surface area contributed by atoms with Gasteiger partial charge in [-0.05, 0) is 24.3 Å². The Morgan fingerprint density at radius 1 is 1.21 bits per heavy atom. The van der Waals surface area contributed by atoms with E-state index in [1.165, 1.54) is 11.3 Å². The number of piperazine rings is 1. The molecule has 7 nitrogen and oxygen atoms in total. The van der Waals surface area contributed by atoms with Gasteiger partial charge in [0.05, 0.1) is 35.0 Å². The third kappa shape index (κ3) is 3.91. The van der Waals surface area contributed by atoms with Crippen LogP contribution in [0, 0.1) is 0 Å². The van der Waals surface area contributed by atoms with Crippen molar-refractivity contribution in [1.29, 1.82) is 0 Å². The Bertz CT molecular complexity index is 1130. The van der Waals surface area contributed by atoms with Crippen LogP contribution >= 0.6 is 22.9 Å². The number of halogens is 1. The number of carbonyl (C=O) groups is 1. The second kappa shape index (κ2) is 7.62. The predicted molar refractivity (Wildman–Crippen MR) is 112 cm³/mol. The summed E-state index contributed by atoms with van der Waals surface area (Å²) in [5.74, 6) is 1.41. The topological polar surface area (TPSA) is 78.3 Å². The maximum absolute atomic E-state index is 12.6. The molecule has 5 heterocycles. The van der Waals surface area contributed by atoms with Crippen LogP contribution in [0.2, 0.25) is 4.34 Å². The first kappa shape index (κ1) is 18.4. The Morgan fingerprint density at radius 2 is 2.14 bits per heavy atom. The largest absolute Gasteiger partial charge is 0.438 e. The van der Waals surface area contributed by atoms with Gasteiger partial charge in [0.1, 0.15) is 0 Å². The number of hydrogen-bond donors (Lipinski definition) is 1. The van der Waals surface area contributed by atoms with Crippen LogP contribution in [-0.2, 0) is 17.9 Å². The molecular formula is C20H18ClN5O2S. The van der Waals surface area contributed by atoms with Gasteiger partial charge in [-0.3, -0.25) is 14.7 Å². The van der Waals surface area contributed by atoms with Crippen LogP contribution in [0.5, 0.6) is 0 Å². The fourth-order valence-corrected chi connectivity index (χ4v) is 4.51. The third-order valence-corrected chi connectivity index (χ3v) is 6.21. The average molecular weight is 428 g/mol. The fourth-order valence-electron chi connectivity index (χ4n) is 3.52. The van der Waals surface area contributed by atoms with Crippen LogP contribution in [0.25, 0.3) is 21.5 Å². The van der Waals surface area contributed by atoms with Crippen molar-refractivity contribution < 1.29 is 9.21 Å². The Morgan fingerprint density at radius 3 is 2.93 bits per heavy atom. The van der Waals surface area contributed by atoms with Crippen molar-refractivity contribution in [3.63, 3.8) is 0 Å². The van der Waals surface area contributed by atoms with Gasteiger partial charge in [-0.1, -0.05) is 11.6 Å². The first-order valence-electron chi connectivity index (χ1n) is 9.26. The van der Waals surface area contributed by atoms with E-state index in [0.29, 0.717) is 42.2 Å². The summed E-state index contributed by atoms with van der Waals surface area (Å²) >= 11 is 7.44. The molecular weight excluding hydrogens is 410 g/mol. The highest BCUT2D eigenvalue weighted by molar-refractivity contribution is 7.19. The van der Waals surface area contributed by atoms with E-state index in [4.69, 9.17) is 16.0 Å². The van der Waals surface area contributed by atoms with E-state index >= 15 is 0 Å². The van der Waals surface area contributed by atoms with Crippen molar-refractivity contribution in [2.75, 3.05) is 19.6 Å². The van der Waals surface area contributed by atoms with E-state index in [2.05, 4.69) is 19.9 Å². The third-order valence-electron chi connectivity index (χ3n) is 4.96. The molecule has 5 rings (SSSR count). The first-order valence-corrected chi connectivity index (χ1v) is 10.5. The molecule has 148 valence electrons. The average Bonchev–Trinajstić information content (AvgIpc) is 3.43. The molecule has 0 aromatic carbocycles. The fraction of sp³-hybridized carbons (Fsp3) is 0.250. The minimum Gasteiger partial charge on any atom is -0.438 e. The van der Waals surface area contributed by atoms with Gasteiger partial charge in [-0.25, -0.2) is 4.98 Å². The van der Waals surface area contributed by atoms with Crippen LogP contribution in [0.3, 0.4) is 0 Å². The summed E-state index contributed by atoms with van der Waals surface area (Å²) in [6.07, 6.45) is 5.29. The molecule has 4 aromatic rings. The molecule has 1 amide bonds. The molecule has 0 aliphatic carbocycles. The SMILES string of the molecule is O=C1CN(Cc2ncc(-c3ccc(Cl)s3)o2)CCN1Cc1cc2cnccc2[nH]1. The molecule has 1 aliphatic rings. The number of carbonyl (C=O) groups excluding carboxylic acids is 1. The van der Waals surface area contributed by atoms with Crippen LogP contribution in [0.15, 0.2) is 47.3 Å². The lowest BCUT2D eigenvalue weighted by Gasteiger charge is -2.33. The molecule has 0 spiro atoms. The molecule has 29 heavy (non-hydrogen) atoms. The summed E-state index contributed by atoms with van der Waals surface area (Å²) in [5, 5.41) is 1.06. The molecule has 1 saturated heterocycles. The number of nitrogens with one attached hydrogen (secondary N) is 1. The first-order chi connectivity index (χ1) is 14.1. The molecule has 0 saturated carbocycles. The Hall–Kier alpha value is -2.68. The molecule has 1 N–H and O–H groups in total. The Balaban J connectivity index is 1.20.